The molecule has 0 atom stereocenters. The van der Waals surface area contributed by atoms with Crippen LogP contribution in [0.25, 0.3) is 0 Å². The summed E-state index contributed by atoms with van der Waals surface area (Å²) in [6.07, 6.45) is 0. The third kappa shape index (κ3) is 4.32. The lowest BCUT2D eigenvalue weighted by molar-refractivity contribution is -0.309. The molecule has 0 radical (unpaired) electrons. The summed E-state index contributed by atoms with van der Waals surface area (Å²) < 4.78 is 4.31. The van der Waals surface area contributed by atoms with Gasteiger partial charge >= 0.3 is 0 Å². The fourth-order valence-electron chi connectivity index (χ4n) is 0.772. The van der Waals surface area contributed by atoms with Gasteiger partial charge in [0, 0.05) is 15.8 Å². The molecule has 7 heteroatoms. The maximum Gasteiger partial charge on any atom is 0.0465 e. The van der Waals surface area contributed by atoms with E-state index in [1.165, 1.54) is 0 Å². The average molecular weight is 271 g/mol. The maximum atomic E-state index is 10.1. The molecule has 78 valence electrons. The zero-order valence-electron chi connectivity index (χ0n) is 6.78. The van der Waals surface area contributed by atoms with E-state index in [0.717, 1.165) is 17.6 Å². The summed E-state index contributed by atoms with van der Waals surface area (Å²) >= 11 is 12.3. The van der Waals surface area contributed by atoms with Gasteiger partial charge in [0.2, 0.25) is 0 Å². The van der Waals surface area contributed by atoms with Gasteiger partial charge in [-0.05, 0) is 29.7 Å². The molecular weight excluding hydrogens is 266 g/mol. The van der Waals surface area contributed by atoms with Crippen LogP contribution in [0.4, 0.5) is 0 Å². The lowest BCUT2D eigenvalue weighted by Gasteiger charge is -2.27. The van der Waals surface area contributed by atoms with Gasteiger partial charge in [0.15, 0.2) is 0 Å². The molecule has 0 aliphatic carbocycles. The van der Waals surface area contributed by atoms with Crippen molar-refractivity contribution in [3.05, 3.63) is 33.8 Å². The van der Waals surface area contributed by atoms with Crippen molar-refractivity contribution in [3.63, 3.8) is 0 Å². The third-order valence-electron chi connectivity index (χ3n) is 1.34. The number of rotatable bonds is 4. The van der Waals surface area contributed by atoms with Crippen LogP contribution in [-0.2, 0) is 9.72 Å². The van der Waals surface area contributed by atoms with Crippen LogP contribution in [0.15, 0.2) is 18.2 Å². The topological polar surface area (TPSA) is 55.3 Å². The second-order valence-electron chi connectivity index (χ2n) is 2.30. The summed E-state index contributed by atoms with van der Waals surface area (Å²) in [5.74, 6) is 0.360. The predicted molar refractivity (Wildman–Crippen MR) is 55.8 cm³/mol. The fraction of sp³-hybridized carbons (Fsp3) is 0.143. The molecule has 1 aromatic carbocycles. The number of hydrogen-bond donors (Lipinski definition) is 0. The van der Waals surface area contributed by atoms with Crippen molar-refractivity contribution in [2.75, 3.05) is 0 Å². The van der Waals surface area contributed by atoms with Crippen molar-refractivity contribution in [3.8, 4) is 0 Å². The van der Waals surface area contributed by atoms with Gasteiger partial charge in [0.25, 0.3) is 0 Å². The summed E-state index contributed by atoms with van der Waals surface area (Å²) in [6.45, 7) is 0. The van der Waals surface area contributed by atoms with Crippen LogP contribution in [0.5, 0.6) is 0 Å². The van der Waals surface area contributed by atoms with E-state index in [4.69, 9.17) is 23.2 Å². The Morgan fingerprint density at radius 3 is 2.64 bits per heavy atom. The smallest absolute Gasteiger partial charge is 0.0465 e. The highest BCUT2D eigenvalue weighted by Crippen LogP contribution is 2.29. The largest absolute Gasteiger partial charge is 0.819 e. The van der Waals surface area contributed by atoms with Gasteiger partial charge < -0.3 is 13.8 Å². The molecule has 0 amide bonds. The first kappa shape index (κ1) is 12.5. The fourth-order valence-corrected chi connectivity index (χ4v) is 2.26. The molecule has 0 aliphatic rings. The van der Waals surface area contributed by atoms with Gasteiger partial charge in [0.05, 0.1) is 0 Å². The quantitative estimate of drug-likeness (QED) is 0.621. The van der Waals surface area contributed by atoms with Crippen LogP contribution in [0, 0.1) is 0 Å². The van der Waals surface area contributed by atoms with Gasteiger partial charge in [0.1, 0.15) is 0 Å². The number of benzene rings is 1. The molecule has 0 fully saturated rings. The monoisotopic (exact) mass is 270 g/mol. The minimum Gasteiger partial charge on any atom is -0.819 e. The summed E-state index contributed by atoms with van der Waals surface area (Å²) in [5, 5.41) is 1.04. The lowest BCUT2D eigenvalue weighted by Crippen LogP contribution is -2.07. The van der Waals surface area contributed by atoms with Gasteiger partial charge in [-0.2, -0.15) is 0 Å². The minimum absolute atomic E-state index is 0.360. The Labute approximate surface area is 97.2 Å². The van der Waals surface area contributed by atoms with E-state index in [1.807, 2.05) is 0 Å². The highest BCUT2D eigenvalue weighted by molar-refractivity contribution is 7.96. The molecule has 0 heterocycles. The highest BCUT2D eigenvalue weighted by atomic mass is 35.5. The second-order valence-corrected chi connectivity index (χ2v) is 4.71. The molecule has 1 aromatic rings. The van der Waals surface area contributed by atoms with E-state index in [0.29, 0.717) is 15.8 Å². The number of hydrogen-bond acceptors (Lipinski definition) is 4. The summed E-state index contributed by atoms with van der Waals surface area (Å²) in [6, 6.07) is 5.00. The van der Waals surface area contributed by atoms with Crippen molar-refractivity contribution in [1.29, 1.82) is 0 Å². The molecule has 0 bridgehead atoms. The molecule has 0 spiro atoms. The van der Waals surface area contributed by atoms with E-state index >= 15 is 0 Å². The molecule has 0 saturated carbocycles. The van der Waals surface area contributed by atoms with Crippen LogP contribution in [0.2, 0.25) is 10.0 Å². The third-order valence-corrected chi connectivity index (χ3v) is 3.27. The van der Waals surface area contributed by atoms with Gasteiger partial charge in [-0.1, -0.05) is 29.3 Å². The standard InChI is InChI=1S/C7H5Cl2O3PS/c8-6-2-1-5(7(9)3-6)4-14-12-13(10)11/h1-3H,4H2/q-2. The van der Waals surface area contributed by atoms with Crippen molar-refractivity contribution < 1.29 is 13.8 Å². The Balaban J connectivity index is 2.51. The number of halogens is 2. The van der Waals surface area contributed by atoms with Gasteiger partial charge in [-0.15, -0.1) is 8.60 Å². The summed E-state index contributed by atoms with van der Waals surface area (Å²) in [4.78, 5) is 20.1. The van der Waals surface area contributed by atoms with Gasteiger partial charge in [-0.25, -0.2) is 0 Å². The SMILES string of the molecule is [O-]P([O-])OSCc1ccc(Cl)cc1Cl. The van der Waals surface area contributed by atoms with Crippen LogP contribution < -0.4 is 9.79 Å². The molecule has 14 heavy (non-hydrogen) atoms. The molecular formula is C7H5Cl2O3PS-2. The van der Waals surface area contributed by atoms with Crippen LogP contribution in [0.1, 0.15) is 5.56 Å². The lowest BCUT2D eigenvalue weighted by atomic mass is 10.2. The molecule has 1 rings (SSSR count). The Bertz CT molecular complexity index is 311. The Morgan fingerprint density at radius 2 is 2.07 bits per heavy atom. The van der Waals surface area contributed by atoms with Crippen molar-refractivity contribution >= 4 is 43.8 Å². The second kappa shape index (κ2) is 6.13. The summed E-state index contributed by atoms with van der Waals surface area (Å²) in [5.41, 5.74) is 0.776. The first-order chi connectivity index (χ1) is 6.59. The molecule has 0 unspecified atom stereocenters. The Kier molecular flexibility index (Phi) is 5.49. The summed E-state index contributed by atoms with van der Waals surface area (Å²) in [7, 11) is -2.82. The van der Waals surface area contributed by atoms with Crippen molar-refractivity contribution in [2.45, 2.75) is 5.75 Å². The van der Waals surface area contributed by atoms with Crippen LogP contribution >= 0.6 is 43.8 Å². The molecule has 0 aromatic heterocycles. The highest BCUT2D eigenvalue weighted by Gasteiger charge is 2.01. The minimum atomic E-state index is -2.82. The Hall–Kier alpha value is 0.460. The Morgan fingerprint density at radius 1 is 1.36 bits per heavy atom. The molecule has 0 N–H and O–H groups in total. The first-order valence-corrected chi connectivity index (χ1v) is 6.23. The molecule has 3 nitrogen and oxygen atoms in total. The van der Waals surface area contributed by atoms with Gasteiger partial charge in [-0.3, -0.25) is 0 Å². The zero-order chi connectivity index (χ0) is 10.6. The normalized spacial score (nSPS) is 10.9. The van der Waals surface area contributed by atoms with Crippen molar-refractivity contribution in [2.24, 2.45) is 0 Å². The zero-order valence-corrected chi connectivity index (χ0v) is 10.00. The molecule has 0 saturated heterocycles. The van der Waals surface area contributed by atoms with E-state index in [9.17, 15) is 9.79 Å². The maximum absolute atomic E-state index is 10.1. The van der Waals surface area contributed by atoms with E-state index < -0.39 is 8.60 Å². The van der Waals surface area contributed by atoms with Crippen molar-refractivity contribution in [1.82, 2.24) is 0 Å². The van der Waals surface area contributed by atoms with Crippen LogP contribution in [0.3, 0.4) is 0 Å². The predicted octanol–water partition coefficient (Wildman–Crippen LogP) is 2.11. The van der Waals surface area contributed by atoms with E-state index in [1.54, 1.807) is 18.2 Å². The molecule has 0 aliphatic heterocycles. The van der Waals surface area contributed by atoms with E-state index in [2.05, 4.69) is 3.97 Å². The van der Waals surface area contributed by atoms with Crippen LogP contribution in [-0.4, -0.2) is 0 Å². The first-order valence-electron chi connectivity index (χ1n) is 3.47. The average Bonchev–Trinajstić information content (AvgIpc) is 2.08. The van der Waals surface area contributed by atoms with E-state index in [-0.39, 0.29) is 0 Å².